The molecular formula is C22H18N4O3. The van der Waals surface area contributed by atoms with Crippen LogP contribution in [0.5, 0.6) is 11.5 Å². The number of nitrogens with zero attached hydrogens (tertiary/aromatic N) is 3. The molecule has 0 aliphatic carbocycles. The normalized spacial score (nSPS) is 15.2. The third-order valence-corrected chi connectivity index (χ3v) is 4.78. The minimum atomic E-state index is -0.672. The van der Waals surface area contributed by atoms with Crippen molar-refractivity contribution < 1.29 is 14.3 Å². The van der Waals surface area contributed by atoms with E-state index >= 15 is 0 Å². The van der Waals surface area contributed by atoms with Crippen LogP contribution in [-0.4, -0.2) is 33.2 Å². The number of nitrogens with one attached hydrogen (secondary N) is 1. The van der Waals surface area contributed by atoms with Crippen molar-refractivity contribution >= 4 is 16.9 Å². The summed E-state index contributed by atoms with van der Waals surface area (Å²) in [7, 11) is 0. The Hall–Kier alpha value is -3.87. The molecule has 3 heterocycles. The van der Waals surface area contributed by atoms with Gasteiger partial charge in [0.15, 0.2) is 11.5 Å². The molecule has 29 heavy (non-hydrogen) atoms. The van der Waals surface area contributed by atoms with Gasteiger partial charge in [0, 0.05) is 12.7 Å². The highest BCUT2D eigenvalue weighted by atomic mass is 16.6. The molecule has 1 unspecified atom stereocenters. The molecule has 5 rings (SSSR count). The van der Waals surface area contributed by atoms with Gasteiger partial charge in [-0.2, -0.15) is 0 Å². The summed E-state index contributed by atoms with van der Waals surface area (Å²) in [6.45, 7) is 0.548. The molecule has 1 aliphatic heterocycles. The highest BCUT2D eigenvalue weighted by Crippen LogP contribution is 2.30. The number of para-hydroxylation sites is 4. The topological polar surface area (TPSA) is 78.3 Å². The summed E-state index contributed by atoms with van der Waals surface area (Å²) in [4.78, 5) is 21.3. The summed E-state index contributed by atoms with van der Waals surface area (Å²) in [5.74, 6) is 1.79. The van der Waals surface area contributed by atoms with E-state index < -0.39 is 6.10 Å². The fraction of sp³-hybridized carbons (Fsp3) is 0.136. The van der Waals surface area contributed by atoms with Crippen molar-refractivity contribution in [2.24, 2.45) is 0 Å². The molecule has 2 aromatic carbocycles. The summed E-state index contributed by atoms with van der Waals surface area (Å²) >= 11 is 0. The molecule has 0 fully saturated rings. The molecule has 0 bridgehead atoms. The molecule has 7 nitrogen and oxygen atoms in total. The van der Waals surface area contributed by atoms with Gasteiger partial charge < -0.3 is 14.8 Å². The van der Waals surface area contributed by atoms with Crippen molar-refractivity contribution in [3.05, 3.63) is 78.8 Å². The zero-order valence-corrected chi connectivity index (χ0v) is 15.5. The first-order valence-electron chi connectivity index (χ1n) is 9.31. The van der Waals surface area contributed by atoms with Crippen molar-refractivity contribution in [1.29, 1.82) is 0 Å². The smallest absolute Gasteiger partial charge is 0.264 e. The summed E-state index contributed by atoms with van der Waals surface area (Å²) < 4.78 is 13.3. The number of rotatable bonds is 4. The van der Waals surface area contributed by atoms with Gasteiger partial charge in [0.1, 0.15) is 18.8 Å². The van der Waals surface area contributed by atoms with E-state index in [1.54, 1.807) is 18.6 Å². The lowest BCUT2D eigenvalue weighted by atomic mass is 10.2. The first kappa shape index (κ1) is 17.2. The fourth-order valence-electron chi connectivity index (χ4n) is 3.26. The lowest BCUT2D eigenvalue weighted by Crippen LogP contribution is -2.43. The van der Waals surface area contributed by atoms with Crippen LogP contribution >= 0.6 is 0 Å². The summed E-state index contributed by atoms with van der Waals surface area (Å²) in [5, 5.41) is 2.88. The molecule has 0 saturated heterocycles. The van der Waals surface area contributed by atoms with E-state index in [2.05, 4.69) is 15.3 Å². The van der Waals surface area contributed by atoms with Crippen LogP contribution in [0.2, 0.25) is 0 Å². The number of benzene rings is 2. The Morgan fingerprint density at radius 2 is 1.86 bits per heavy atom. The molecule has 4 aromatic rings. The second kappa shape index (κ2) is 7.27. The molecule has 0 saturated carbocycles. The van der Waals surface area contributed by atoms with E-state index in [4.69, 9.17) is 9.47 Å². The SMILES string of the molecule is O=C(NCc1ccc(-n2cnc3ccccc32)nc1)C1COc2ccccc2O1. The summed E-state index contributed by atoms with van der Waals surface area (Å²) in [6.07, 6.45) is 2.83. The maximum Gasteiger partial charge on any atom is 0.264 e. The van der Waals surface area contributed by atoms with Gasteiger partial charge in [0.25, 0.3) is 5.91 Å². The van der Waals surface area contributed by atoms with Crippen LogP contribution in [0.1, 0.15) is 5.56 Å². The Morgan fingerprint density at radius 1 is 1.03 bits per heavy atom. The molecule has 1 amide bonds. The van der Waals surface area contributed by atoms with E-state index in [0.717, 1.165) is 22.4 Å². The van der Waals surface area contributed by atoms with Crippen LogP contribution in [0.4, 0.5) is 0 Å². The maximum absolute atomic E-state index is 12.4. The van der Waals surface area contributed by atoms with E-state index in [1.807, 2.05) is 59.2 Å². The number of amides is 1. The first-order chi connectivity index (χ1) is 14.3. The van der Waals surface area contributed by atoms with Crippen LogP contribution in [0.15, 0.2) is 73.2 Å². The van der Waals surface area contributed by atoms with Gasteiger partial charge in [0.2, 0.25) is 6.10 Å². The molecule has 144 valence electrons. The molecule has 1 atom stereocenters. The molecule has 0 spiro atoms. The van der Waals surface area contributed by atoms with Gasteiger partial charge in [-0.3, -0.25) is 9.36 Å². The molecule has 0 radical (unpaired) electrons. The highest BCUT2D eigenvalue weighted by molar-refractivity contribution is 5.81. The number of aromatic nitrogens is 3. The Balaban J connectivity index is 1.23. The summed E-state index contributed by atoms with van der Waals surface area (Å²) in [5.41, 5.74) is 2.81. The third kappa shape index (κ3) is 3.38. The highest BCUT2D eigenvalue weighted by Gasteiger charge is 2.26. The van der Waals surface area contributed by atoms with Gasteiger partial charge in [-0.05, 0) is 35.9 Å². The minimum absolute atomic E-state index is 0.188. The Morgan fingerprint density at radius 3 is 2.72 bits per heavy atom. The van der Waals surface area contributed by atoms with Crippen LogP contribution in [0.3, 0.4) is 0 Å². The number of hydrogen-bond donors (Lipinski definition) is 1. The maximum atomic E-state index is 12.4. The average molecular weight is 386 g/mol. The molecule has 1 N–H and O–H groups in total. The van der Waals surface area contributed by atoms with Gasteiger partial charge in [-0.15, -0.1) is 0 Å². The number of imidazole rings is 1. The predicted octanol–water partition coefficient (Wildman–Crippen LogP) is 2.88. The second-order valence-electron chi connectivity index (χ2n) is 6.71. The lowest BCUT2D eigenvalue weighted by molar-refractivity contribution is -0.130. The van der Waals surface area contributed by atoms with Crippen molar-refractivity contribution in [3.8, 4) is 17.3 Å². The first-order valence-corrected chi connectivity index (χ1v) is 9.31. The van der Waals surface area contributed by atoms with E-state index in [1.165, 1.54) is 0 Å². The van der Waals surface area contributed by atoms with Crippen LogP contribution in [0, 0.1) is 0 Å². The van der Waals surface area contributed by atoms with Crippen LogP contribution in [0.25, 0.3) is 16.9 Å². The molecule has 7 heteroatoms. The number of fused-ring (bicyclic) bond motifs is 2. The average Bonchev–Trinajstić information content (AvgIpc) is 3.22. The lowest BCUT2D eigenvalue weighted by Gasteiger charge is -2.25. The monoisotopic (exact) mass is 386 g/mol. The van der Waals surface area contributed by atoms with Crippen molar-refractivity contribution in [2.75, 3.05) is 6.61 Å². The van der Waals surface area contributed by atoms with E-state index in [0.29, 0.717) is 18.0 Å². The van der Waals surface area contributed by atoms with E-state index in [-0.39, 0.29) is 12.5 Å². The predicted molar refractivity (Wildman–Crippen MR) is 107 cm³/mol. The van der Waals surface area contributed by atoms with Crippen molar-refractivity contribution in [3.63, 3.8) is 0 Å². The van der Waals surface area contributed by atoms with Crippen molar-refractivity contribution in [1.82, 2.24) is 19.9 Å². The minimum Gasteiger partial charge on any atom is -0.485 e. The molecule has 2 aromatic heterocycles. The quantitative estimate of drug-likeness (QED) is 0.584. The van der Waals surface area contributed by atoms with E-state index in [9.17, 15) is 4.79 Å². The van der Waals surface area contributed by atoms with Crippen LogP contribution < -0.4 is 14.8 Å². The zero-order chi connectivity index (χ0) is 19.6. The summed E-state index contributed by atoms with van der Waals surface area (Å²) in [6, 6.07) is 19.1. The number of carbonyl (C=O) groups excluding carboxylic acids is 1. The number of carbonyl (C=O) groups is 1. The standard InChI is InChI=1S/C22H18N4O3/c27-22(20-13-28-18-7-3-4-8-19(18)29-20)24-12-15-9-10-21(23-11-15)26-14-25-16-5-1-2-6-17(16)26/h1-11,14,20H,12-13H2,(H,24,27). The van der Waals surface area contributed by atoms with Gasteiger partial charge in [-0.25, -0.2) is 9.97 Å². The molecule has 1 aliphatic rings. The Labute approximate surface area is 166 Å². The Kier molecular flexibility index (Phi) is 4.32. The number of hydrogen-bond acceptors (Lipinski definition) is 5. The van der Waals surface area contributed by atoms with Crippen molar-refractivity contribution in [2.45, 2.75) is 12.6 Å². The third-order valence-electron chi connectivity index (χ3n) is 4.78. The number of ether oxygens (including phenoxy) is 2. The fourth-order valence-corrected chi connectivity index (χ4v) is 3.26. The zero-order valence-electron chi connectivity index (χ0n) is 15.5. The molecular weight excluding hydrogens is 368 g/mol. The van der Waals surface area contributed by atoms with Gasteiger partial charge in [-0.1, -0.05) is 30.3 Å². The van der Waals surface area contributed by atoms with Gasteiger partial charge in [0.05, 0.1) is 11.0 Å². The number of pyridine rings is 1. The largest absolute Gasteiger partial charge is 0.485 e. The second-order valence-corrected chi connectivity index (χ2v) is 6.71. The Bertz CT molecular complexity index is 1170. The van der Waals surface area contributed by atoms with Crippen LogP contribution in [-0.2, 0) is 11.3 Å². The van der Waals surface area contributed by atoms with Gasteiger partial charge >= 0.3 is 0 Å².